The average Bonchev–Trinajstić information content (AvgIpc) is 3.85. The normalized spacial score (nSPS) is 38.4. The van der Waals surface area contributed by atoms with Gasteiger partial charge < -0.3 is 25.6 Å². The smallest absolute Gasteiger partial charge is 0.309 e. The molecule has 0 radical (unpaired) electrons. The highest BCUT2D eigenvalue weighted by Crippen LogP contribution is 2.77. The predicted octanol–water partition coefficient (Wildman–Crippen LogP) is 7.01. The summed E-state index contributed by atoms with van der Waals surface area (Å²) in [6.45, 7) is 23.5. The molecule has 0 unspecified atom stereocenters. The molecule has 316 valence electrons. The van der Waals surface area contributed by atoms with Crippen LogP contribution in [0.4, 0.5) is 0 Å². The lowest BCUT2D eigenvalue weighted by Gasteiger charge is -2.75. The van der Waals surface area contributed by atoms with E-state index in [2.05, 4.69) is 53.4 Å². The van der Waals surface area contributed by atoms with E-state index >= 15 is 0 Å². The Balaban J connectivity index is 1.29. The molecular weight excluding hydrogens is 707 g/mol. The molecule has 6 aliphatic rings. The number of aliphatic hydroxyl groups is 1. The lowest BCUT2D eigenvalue weighted by atomic mass is 9.31. The van der Waals surface area contributed by atoms with Crippen molar-refractivity contribution in [2.24, 2.45) is 61.9 Å². The van der Waals surface area contributed by atoms with Gasteiger partial charge in [-0.05, 0) is 124 Å². The molecule has 5 saturated carbocycles. The molecule has 6 aliphatic carbocycles. The van der Waals surface area contributed by atoms with Crippen LogP contribution in [0.1, 0.15) is 146 Å². The Bertz CT molecular complexity index is 1630. The van der Waals surface area contributed by atoms with Gasteiger partial charge in [0.1, 0.15) is 6.10 Å². The highest BCUT2D eigenvalue weighted by atomic mass is 16.5. The minimum absolute atomic E-state index is 0.0416. The monoisotopic (exact) mass is 782 g/mol. The summed E-state index contributed by atoms with van der Waals surface area (Å²) in [4.78, 5) is 55.4. The topological polar surface area (TPSA) is 150 Å². The van der Waals surface area contributed by atoms with Crippen LogP contribution in [-0.2, 0) is 23.9 Å². The SMILES string of the molecule is CC(=O)N(C)CCN(CC1CC1)C[C@H](O)[C@@]12CC[C@]3(C)[C@H](CC[C@@H]4[C@@]5(C)CC[C@H](OC(=O)CC(C)(C)C(=O)O)C(C)(C)[C@]5(N)CC[C@]43C)C1=C(C(C)C)C(=O)C2. The van der Waals surface area contributed by atoms with Crippen LogP contribution in [0.5, 0.6) is 0 Å². The van der Waals surface area contributed by atoms with Crippen molar-refractivity contribution in [1.29, 1.82) is 0 Å². The number of fused-ring (bicyclic) bond motifs is 7. The highest BCUT2D eigenvalue weighted by Gasteiger charge is 2.74. The summed E-state index contributed by atoms with van der Waals surface area (Å²) >= 11 is 0. The van der Waals surface area contributed by atoms with E-state index in [1.54, 1.807) is 25.7 Å². The van der Waals surface area contributed by atoms with Crippen LogP contribution in [0.15, 0.2) is 11.1 Å². The number of likely N-dealkylation sites (N-methyl/N-ethyl adjacent to an activating group) is 1. The number of allylic oxidation sites excluding steroid dienone is 1. The molecule has 56 heavy (non-hydrogen) atoms. The predicted molar refractivity (Wildman–Crippen MR) is 217 cm³/mol. The first-order chi connectivity index (χ1) is 25.8. The number of carboxylic acid groups (broad SMARTS) is 1. The number of carbonyl (C=O) groups excluding carboxylic acids is 3. The average molecular weight is 782 g/mol. The van der Waals surface area contributed by atoms with Crippen molar-refractivity contribution in [1.82, 2.24) is 9.80 Å². The second-order valence-electron chi connectivity index (χ2n) is 21.9. The van der Waals surface area contributed by atoms with E-state index in [1.807, 2.05) is 7.05 Å². The van der Waals surface area contributed by atoms with Gasteiger partial charge in [0.2, 0.25) is 5.91 Å². The molecule has 9 atom stereocenters. The van der Waals surface area contributed by atoms with Crippen LogP contribution < -0.4 is 5.73 Å². The maximum Gasteiger partial charge on any atom is 0.309 e. The number of ether oxygens (including phenoxy) is 1. The van der Waals surface area contributed by atoms with Gasteiger partial charge in [-0.2, -0.15) is 0 Å². The van der Waals surface area contributed by atoms with Gasteiger partial charge in [-0.25, -0.2) is 0 Å². The molecule has 10 heteroatoms. The Kier molecular flexibility index (Phi) is 11.2. The van der Waals surface area contributed by atoms with Crippen LogP contribution in [0, 0.1) is 56.2 Å². The lowest BCUT2D eigenvalue weighted by molar-refractivity contribution is -0.243. The summed E-state index contributed by atoms with van der Waals surface area (Å²) < 4.78 is 6.17. The van der Waals surface area contributed by atoms with Gasteiger partial charge >= 0.3 is 11.9 Å². The zero-order valence-electron chi connectivity index (χ0n) is 36.7. The largest absolute Gasteiger partial charge is 0.481 e. The number of aliphatic hydroxyl groups excluding tert-OH is 1. The summed E-state index contributed by atoms with van der Waals surface area (Å²) in [5.41, 5.74) is 6.67. The number of hydrogen-bond donors (Lipinski definition) is 3. The summed E-state index contributed by atoms with van der Waals surface area (Å²) in [7, 11) is 1.84. The standard InChI is InChI=1S/C46H75N3O7/c1-28(2)37-32(51)24-45(34(52)27-49(26-30-12-13-30)23-22-48(11)29(3)50)20-18-42(8)31(38(37)45)14-15-33-43(42,9)19-21-46(47)41(6,7)35(16-17-44(33,46)10)56-36(53)25-40(4,5)39(54)55/h28,30-31,33-35,52H,12-27,47H2,1-11H3,(H,54,55)/t31-,33+,34+,35+,42-,43-,44-,45+,46-/m1/s1. The fourth-order valence-corrected chi connectivity index (χ4v) is 13.6. The molecule has 0 bridgehead atoms. The molecule has 0 saturated heterocycles. The maximum absolute atomic E-state index is 14.3. The van der Waals surface area contributed by atoms with Gasteiger partial charge in [0, 0.05) is 62.9 Å². The number of rotatable bonds is 13. The minimum Gasteiger partial charge on any atom is -0.481 e. The third-order valence-corrected chi connectivity index (χ3v) is 17.9. The Morgan fingerprint density at radius 3 is 2.14 bits per heavy atom. The van der Waals surface area contributed by atoms with Gasteiger partial charge in [-0.1, -0.05) is 54.0 Å². The molecule has 0 aliphatic heterocycles. The zero-order valence-corrected chi connectivity index (χ0v) is 36.7. The highest BCUT2D eigenvalue weighted by molar-refractivity contribution is 6.00. The van der Waals surface area contributed by atoms with Gasteiger partial charge in [0.25, 0.3) is 0 Å². The van der Waals surface area contributed by atoms with Crippen molar-refractivity contribution in [2.45, 2.75) is 164 Å². The number of esters is 1. The van der Waals surface area contributed by atoms with Crippen LogP contribution in [0.25, 0.3) is 0 Å². The number of carboxylic acids is 1. The van der Waals surface area contributed by atoms with Crippen molar-refractivity contribution in [3.63, 3.8) is 0 Å². The Hall–Kier alpha value is -2.30. The minimum atomic E-state index is -1.21. The molecule has 0 heterocycles. The molecule has 0 aromatic heterocycles. The fourth-order valence-electron chi connectivity index (χ4n) is 13.6. The van der Waals surface area contributed by atoms with Crippen molar-refractivity contribution in [3.05, 3.63) is 11.1 Å². The second-order valence-corrected chi connectivity index (χ2v) is 21.9. The molecular formula is C46H75N3O7. The quantitative estimate of drug-likeness (QED) is 0.168. The number of Topliss-reactive ketones (excluding diaryl/α,β-unsaturated/α-hetero) is 1. The summed E-state index contributed by atoms with van der Waals surface area (Å²) in [6.07, 6.45) is 8.42. The second kappa shape index (κ2) is 14.5. The summed E-state index contributed by atoms with van der Waals surface area (Å²) in [6, 6.07) is 0. The van der Waals surface area contributed by atoms with Crippen molar-refractivity contribution >= 4 is 23.6 Å². The first kappa shape index (κ1) is 43.3. The molecule has 0 spiro atoms. The Morgan fingerprint density at radius 2 is 1.55 bits per heavy atom. The van der Waals surface area contributed by atoms with Crippen molar-refractivity contribution < 1.29 is 34.1 Å². The first-order valence-corrected chi connectivity index (χ1v) is 21.9. The Labute approximate surface area is 337 Å². The fraction of sp³-hybridized carbons (Fsp3) is 0.870. The molecule has 0 aromatic carbocycles. The molecule has 10 nitrogen and oxygen atoms in total. The van der Waals surface area contributed by atoms with Gasteiger partial charge in [0.05, 0.1) is 17.9 Å². The number of ketones is 1. The van der Waals surface area contributed by atoms with Crippen LogP contribution in [-0.4, -0.2) is 94.6 Å². The van der Waals surface area contributed by atoms with Crippen molar-refractivity contribution in [3.8, 4) is 0 Å². The summed E-state index contributed by atoms with van der Waals surface area (Å²) in [5.74, 6) is -0.0235. The number of nitrogens with zero attached hydrogens (tertiary/aromatic N) is 2. The van der Waals surface area contributed by atoms with Crippen LogP contribution >= 0.6 is 0 Å². The lowest BCUT2D eigenvalue weighted by Crippen LogP contribution is -2.77. The van der Waals surface area contributed by atoms with Crippen molar-refractivity contribution in [2.75, 3.05) is 33.2 Å². The molecule has 5 fully saturated rings. The van der Waals surface area contributed by atoms with E-state index in [-0.39, 0.29) is 46.2 Å². The number of amides is 1. The number of hydrogen-bond acceptors (Lipinski definition) is 8. The number of nitrogens with two attached hydrogens (primary N) is 1. The molecule has 1 amide bonds. The van der Waals surface area contributed by atoms with Gasteiger partial charge in [-0.15, -0.1) is 0 Å². The van der Waals surface area contributed by atoms with Gasteiger partial charge in [-0.3, -0.25) is 24.1 Å². The van der Waals surface area contributed by atoms with Crippen LogP contribution in [0.3, 0.4) is 0 Å². The van der Waals surface area contributed by atoms with E-state index in [9.17, 15) is 29.4 Å². The molecule has 6 rings (SSSR count). The summed E-state index contributed by atoms with van der Waals surface area (Å²) in [5, 5.41) is 22.2. The van der Waals surface area contributed by atoms with Gasteiger partial charge in [0.15, 0.2) is 5.78 Å². The van der Waals surface area contributed by atoms with E-state index < -0.39 is 45.9 Å². The maximum atomic E-state index is 14.3. The van der Waals surface area contributed by atoms with Crippen LogP contribution in [0.2, 0.25) is 0 Å². The zero-order chi connectivity index (χ0) is 41.6. The van der Waals surface area contributed by atoms with E-state index in [0.717, 1.165) is 57.1 Å². The third-order valence-electron chi connectivity index (χ3n) is 17.9. The Morgan fingerprint density at radius 1 is 0.911 bits per heavy atom. The van der Waals surface area contributed by atoms with E-state index in [4.69, 9.17) is 10.5 Å². The number of aliphatic carboxylic acids is 1. The molecule has 0 aromatic rings. The van der Waals surface area contributed by atoms with E-state index in [1.165, 1.54) is 18.4 Å². The number of carbonyl (C=O) groups is 4. The van der Waals surface area contributed by atoms with E-state index in [0.29, 0.717) is 44.3 Å². The molecule has 4 N–H and O–H groups in total. The third kappa shape index (κ3) is 6.62. The first-order valence-electron chi connectivity index (χ1n) is 21.9.